The zero-order valence-electron chi connectivity index (χ0n) is 8.62. The molecule has 1 amide bonds. The Kier molecular flexibility index (Phi) is 3.27. The molecule has 0 spiro atoms. The number of nitrogens with one attached hydrogen (secondary N) is 2. The highest BCUT2D eigenvalue weighted by Gasteiger charge is 2.23. The van der Waals surface area contributed by atoms with Crippen molar-refractivity contribution >= 4 is 22.4 Å². The van der Waals surface area contributed by atoms with Crippen LogP contribution in [0.5, 0.6) is 0 Å². The summed E-state index contributed by atoms with van der Waals surface area (Å²) in [5.41, 5.74) is 0. The van der Waals surface area contributed by atoms with Crippen LogP contribution < -0.4 is 10.6 Å². The molecule has 1 saturated heterocycles. The molecular weight excluding hydrogens is 212 g/mol. The third-order valence-corrected chi connectivity index (χ3v) is 3.41. The summed E-state index contributed by atoms with van der Waals surface area (Å²) in [5.74, 6) is 0.137. The summed E-state index contributed by atoms with van der Waals surface area (Å²) >= 11 is 1.45. The van der Waals surface area contributed by atoms with Crippen LogP contribution in [0.4, 0.5) is 5.13 Å². The molecule has 5 nitrogen and oxygen atoms in total. The second kappa shape index (κ2) is 4.67. The van der Waals surface area contributed by atoms with Gasteiger partial charge in [-0.15, -0.1) is 10.2 Å². The fourth-order valence-corrected chi connectivity index (χ4v) is 2.22. The van der Waals surface area contributed by atoms with Gasteiger partial charge in [0.25, 0.3) is 0 Å². The SMILES string of the molecule is CCc1nnc(NC(=O)[C@@H]2CCNC2)s1. The first-order chi connectivity index (χ1) is 7.29. The first-order valence-corrected chi connectivity index (χ1v) is 5.95. The molecule has 2 N–H and O–H groups in total. The molecule has 1 aromatic rings. The summed E-state index contributed by atoms with van der Waals surface area (Å²) in [7, 11) is 0. The van der Waals surface area contributed by atoms with E-state index < -0.39 is 0 Å². The van der Waals surface area contributed by atoms with Gasteiger partial charge in [0.2, 0.25) is 11.0 Å². The van der Waals surface area contributed by atoms with E-state index in [1.54, 1.807) is 0 Å². The Hall–Kier alpha value is -1.01. The second-order valence-electron chi connectivity index (χ2n) is 3.53. The molecule has 2 heterocycles. The van der Waals surface area contributed by atoms with E-state index in [1.165, 1.54) is 11.3 Å². The number of amides is 1. The molecule has 1 aliphatic heterocycles. The van der Waals surface area contributed by atoms with Crippen molar-refractivity contribution in [2.45, 2.75) is 19.8 Å². The van der Waals surface area contributed by atoms with Crippen LogP contribution >= 0.6 is 11.3 Å². The molecule has 6 heteroatoms. The van der Waals surface area contributed by atoms with Gasteiger partial charge in [-0.25, -0.2) is 0 Å². The minimum Gasteiger partial charge on any atom is -0.316 e. The van der Waals surface area contributed by atoms with E-state index in [2.05, 4.69) is 20.8 Å². The van der Waals surface area contributed by atoms with Crippen molar-refractivity contribution in [3.05, 3.63) is 5.01 Å². The monoisotopic (exact) mass is 226 g/mol. The highest BCUT2D eigenvalue weighted by Crippen LogP contribution is 2.17. The van der Waals surface area contributed by atoms with Gasteiger partial charge < -0.3 is 10.6 Å². The van der Waals surface area contributed by atoms with Crippen LogP contribution in [0.25, 0.3) is 0 Å². The van der Waals surface area contributed by atoms with E-state index in [1.807, 2.05) is 6.92 Å². The number of anilines is 1. The fourth-order valence-electron chi connectivity index (χ4n) is 1.53. The molecule has 1 aromatic heterocycles. The molecule has 0 aliphatic carbocycles. The number of hydrogen-bond donors (Lipinski definition) is 2. The van der Waals surface area contributed by atoms with Crippen LogP contribution in [0.3, 0.4) is 0 Å². The van der Waals surface area contributed by atoms with Crippen molar-refractivity contribution in [3.8, 4) is 0 Å². The average Bonchev–Trinajstić information content (AvgIpc) is 2.87. The Morgan fingerprint density at radius 1 is 1.67 bits per heavy atom. The van der Waals surface area contributed by atoms with Crippen LogP contribution in [-0.2, 0) is 11.2 Å². The maximum Gasteiger partial charge on any atom is 0.230 e. The Morgan fingerprint density at radius 3 is 3.13 bits per heavy atom. The van der Waals surface area contributed by atoms with Crippen molar-refractivity contribution in [1.29, 1.82) is 0 Å². The Labute approximate surface area is 92.3 Å². The maximum absolute atomic E-state index is 11.7. The van der Waals surface area contributed by atoms with Crippen LogP contribution in [0.2, 0.25) is 0 Å². The zero-order chi connectivity index (χ0) is 10.7. The molecule has 1 fully saturated rings. The first-order valence-electron chi connectivity index (χ1n) is 5.13. The summed E-state index contributed by atoms with van der Waals surface area (Å²) in [5, 5.41) is 15.4. The third-order valence-electron chi connectivity index (χ3n) is 2.43. The van der Waals surface area contributed by atoms with E-state index in [0.717, 1.165) is 30.9 Å². The third kappa shape index (κ3) is 2.51. The predicted molar refractivity (Wildman–Crippen MR) is 58.9 cm³/mol. The molecule has 0 aromatic carbocycles. The molecule has 1 atom stereocenters. The number of aryl methyl sites for hydroxylation is 1. The number of rotatable bonds is 3. The van der Waals surface area contributed by atoms with Gasteiger partial charge >= 0.3 is 0 Å². The van der Waals surface area contributed by atoms with Gasteiger partial charge in [-0.1, -0.05) is 18.3 Å². The lowest BCUT2D eigenvalue weighted by atomic mass is 10.1. The number of carbonyl (C=O) groups is 1. The fraction of sp³-hybridized carbons (Fsp3) is 0.667. The molecule has 0 bridgehead atoms. The zero-order valence-corrected chi connectivity index (χ0v) is 9.43. The van der Waals surface area contributed by atoms with Gasteiger partial charge in [-0.2, -0.15) is 0 Å². The van der Waals surface area contributed by atoms with E-state index in [9.17, 15) is 4.79 Å². The van der Waals surface area contributed by atoms with Crippen molar-refractivity contribution in [1.82, 2.24) is 15.5 Å². The highest BCUT2D eigenvalue weighted by atomic mass is 32.1. The van der Waals surface area contributed by atoms with Gasteiger partial charge in [0.05, 0.1) is 5.92 Å². The van der Waals surface area contributed by atoms with Gasteiger partial charge in [0.1, 0.15) is 5.01 Å². The van der Waals surface area contributed by atoms with E-state index in [-0.39, 0.29) is 11.8 Å². The lowest BCUT2D eigenvalue weighted by molar-refractivity contribution is -0.119. The van der Waals surface area contributed by atoms with Crippen molar-refractivity contribution < 1.29 is 4.79 Å². The van der Waals surface area contributed by atoms with Gasteiger partial charge in [-0.3, -0.25) is 4.79 Å². The molecule has 0 unspecified atom stereocenters. The van der Waals surface area contributed by atoms with E-state index in [0.29, 0.717) is 5.13 Å². The summed E-state index contributed by atoms with van der Waals surface area (Å²) in [6, 6.07) is 0. The molecule has 2 rings (SSSR count). The summed E-state index contributed by atoms with van der Waals surface area (Å²) in [6.45, 7) is 3.71. The first kappa shape index (κ1) is 10.5. The number of carbonyl (C=O) groups excluding carboxylic acids is 1. The predicted octanol–water partition coefficient (Wildman–Crippen LogP) is 0.648. The Morgan fingerprint density at radius 2 is 2.53 bits per heavy atom. The minimum absolute atomic E-state index is 0.0544. The molecular formula is C9H14N4OS. The maximum atomic E-state index is 11.7. The molecule has 0 saturated carbocycles. The van der Waals surface area contributed by atoms with Crippen molar-refractivity contribution in [2.75, 3.05) is 18.4 Å². The van der Waals surface area contributed by atoms with Gasteiger partial charge in [0, 0.05) is 6.54 Å². The largest absolute Gasteiger partial charge is 0.316 e. The molecule has 0 radical (unpaired) electrons. The Bertz CT molecular complexity index is 346. The van der Waals surface area contributed by atoms with E-state index in [4.69, 9.17) is 0 Å². The van der Waals surface area contributed by atoms with E-state index >= 15 is 0 Å². The standard InChI is InChI=1S/C9H14N4OS/c1-2-7-12-13-9(15-7)11-8(14)6-3-4-10-5-6/h6,10H,2-5H2,1H3,(H,11,13,14)/t6-/m1/s1. The van der Waals surface area contributed by atoms with Crippen LogP contribution in [0, 0.1) is 5.92 Å². The number of nitrogens with zero attached hydrogens (tertiary/aromatic N) is 2. The smallest absolute Gasteiger partial charge is 0.230 e. The Balaban J connectivity index is 1.92. The lowest BCUT2D eigenvalue weighted by Gasteiger charge is -2.05. The number of hydrogen-bond acceptors (Lipinski definition) is 5. The topological polar surface area (TPSA) is 66.9 Å². The summed E-state index contributed by atoms with van der Waals surface area (Å²) < 4.78 is 0. The average molecular weight is 226 g/mol. The summed E-state index contributed by atoms with van der Waals surface area (Å²) in [6.07, 6.45) is 1.77. The van der Waals surface area contributed by atoms with Crippen LogP contribution in [0.15, 0.2) is 0 Å². The highest BCUT2D eigenvalue weighted by molar-refractivity contribution is 7.15. The quantitative estimate of drug-likeness (QED) is 0.794. The van der Waals surface area contributed by atoms with Crippen LogP contribution in [0.1, 0.15) is 18.4 Å². The minimum atomic E-state index is 0.0544. The van der Waals surface area contributed by atoms with Crippen molar-refractivity contribution in [3.63, 3.8) is 0 Å². The number of aromatic nitrogens is 2. The van der Waals surface area contributed by atoms with Gasteiger partial charge in [0.15, 0.2) is 0 Å². The lowest BCUT2D eigenvalue weighted by Crippen LogP contribution is -2.24. The molecule has 82 valence electrons. The summed E-state index contributed by atoms with van der Waals surface area (Å²) in [4.78, 5) is 11.7. The van der Waals surface area contributed by atoms with Crippen molar-refractivity contribution in [2.24, 2.45) is 5.92 Å². The molecule has 15 heavy (non-hydrogen) atoms. The van der Waals surface area contributed by atoms with Crippen LogP contribution in [-0.4, -0.2) is 29.2 Å². The van der Waals surface area contributed by atoms with Gasteiger partial charge in [-0.05, 0) is 19.4 Å². The normalized spacial score (nSPS) is 20.5. The second-order valence-corrected chi connectivity index (χ2v) is 4.60. The molecule has 1 aliphatic rings.